The summed E-state index contributed by atoms with van der Waals surface area (Å²) in [5.41, 5.74) is 0.734. The summed E-state index contributed by atoms with van der Waals surface area (Å²) in [6.07, 6.45) is -0.0712. The van der Waals surface area contributed by atoms with E-state index in [1.54, 1.807) is 7.11 Å². The average Bonchev–Trinajstić information content (AvgIpc) is 2.45. The number of carboxylic acids is 1. The quantitative estimate of drug-likeness (QED) is 0.901. The maximum Gasteiger partial charge on any atom is 0.308 e. The number of carbonyl (C=O) groups is 1. The van der Waals surface area contributed by atoms with Gasteiger partial charge in [-0.3, -0.25) is 4.79 Å². The summed E-state index contributed by atoms with van der Waals surface area (Å²) < 4.78 is 5.47. The molecule has 5 heteroatoms. The van der Waals surface area contributed by atoms with E-state index in [1.165, 1.54) is 11.3 Å². The van der Waals surface area contributed by atoms with Gasteiger partial charge in [0.1, 0.15) is 11.1 Å². The van der Waals surface area contributed by atoms with Gasteiger partial charge >= 0.3 is 5.97 Å². The maximum atomic E-state index is 10.7. The Morgan fingerprint density at radius 3 is 2.53 bits per heavy atom. The summed E-state index contributed by atoms with van der Waals surface area (Å²) in [6, 6.07) is 0. The summed E-state index contributed by atoms with van der Waals surface area (Å²) in [4.78, 5) is 16.0. The third kappa shape index (κ3) is 3.51. The van der Waals surface area contributed by atoms with E-state index in [9.17, 15) is 4.79 Å². The van der Waals surface area contributed by atoms with Crippen LogP contribution in [0.25, 0.3) is 0 Å². The Balaban J connectivity index is 3.03. The Morgan fingerprint density at radius 2 is 2.12 bits per heavy atom. The molecule has 4 nitrogen and oxygen atoms in total. The fourth-order valence-electron chi connectivity index (χ4n) is 1.69. The predicted molar refractivity (Wildman–Crippen MR) is 67.4 cm³/mol. The molecule has 1 aromatic rings. The van der Waals surface area contributed by atoms with Crippen LogP contribution in [0.4, 0.5) is 0 Å². The zero-order chi connectivity index (χ0) is 13.2. The summed E-state index contributed by atoms with van der Waals surface area (Å²) in [5.74, 6) is -0.826. The number of aliphatic carboxylic acids is 1. The van der Waals surface area contributed by atoms with Crippen molar-refractivity contribution in [1.29, 1.82) is 0 Å². The summed E-state index contributed by atoms with van der Waals surface area (Å²) in [6.45, 7) is 8.08. The Bertz CT molecular complexity index is 406. The van der Waals surface area contributed by atoms with Gasteiger partial charge in [0, 0.05) is 12.0 Å². The summed E-state index contributed by atoms with van der Waals surface area (Å²) in [7, 11) is 1.66. The molecule has 0 aromatic carbocycles. The average molecular weight is 257 g/mol. The van der Waals surface area contributed by atoms with E-state index in [0.29, 0.717) is 0 Å². The first-order valence-corrected chi connectivity index (χ1v) is 6.28. The Hall–Kier alpha value is -0.940. The summed E-state index contributed by atoms with van der Waals surface area (Å²) in [5, 5.41) is 9.66. The standard InChI is InChI=1S/C12H19NO3S/c1-7-8(6-9(14)15)17-11(13-7)10(16-5)12(2,3)4/h10H,6H2,1-5H3,(H,14,15). The van der Waals surface area contributed by atoms with Crippen molar-refractivity contribution in [2.75, 3.05) is 7.11 Å². The van der Waals surface area contributed by atoms with Crippen LogP contribution >= 0.6 is 11.3 Å². The lowest BCUT2D eigenvalue weighted by molar-refractivity contribution is -0.136. The highest BCUT2D eigenvalue weighted by molar-refractivity contribution is 7.11. The van der Waals surface area contributed by atoms with Gasteiger partial charge in [0.2, 0.25) is 0 Å². The second kappa shape index (κ2) is 5.14. The molecule has 0 aliphatic rings. The smallest absolute Gasteiger partial charge is 0.308 e. The third-order valence-corrected chi connectivity index (χ3v) is 3.67. The molecule has 1 atom stereocenters. The molecule has 0 bridgehead atoms. The molecule has 0 aliphatic heterocycles. The molecule has 1 unspecified atom stereocenters. The van der Waals surface area contributed by atoms with E-state index in [1.807, 2.05) is 6.92 Å². The maximum absolute atomic E-state index is 10.7. The molecule has 1 aromatic heterocycles. The number of rotatable bonds is 4. The van der Waals surface area contributed by atoms with Crippen molar-refractivity contribution in [3.8, 4) is 0 Å². The second-order valence-electron chi connectivity index (χ2n) is 5.11. The van der Waals surface area contributed by atoms with Gasteiger partial charge in [-0.25, -0.2) is 4.98 Å². The van der Waals surface area contributed by atoms with Gasteiger partial charge in [-0.2, -0.15) is 0 Å². The molecule has 0 saturated heterocycles. The number of methoxy groups -OCH3 is 1. The minimum absolute atomic E-state index is 0.0318. The van der Waals surface area contributed by atoms with E-state index in [4.69, 9.17) is 9.84 Å². The van der Waals surface area contributed by atoms with Crippen molar-refractivity contribution < 1.29 is 14.6 Å². The van der Waals surface area contributed by atoms with Crippen LogP contribution in [0.2, 0.25) is 0 Å². The lowest BCUT2D eigenvalue weighted by Gasteiger charge is -2.27. The molecule has 0 amide bonds. The van der Waals surface area contributed by atoms with Gasteiger partial charge < -0.3 is 9.84 Å². The van der Waals surface area contributed by atoms with Gasteiger partial charge in [0.15, 0.2) is 0 Å². The molecule has 0 aliphatic carbocycles. The number of carboxylic acid groups (broad SMARTS) is 1. The molecule has 1 heterocycles. The van der Waals surface area contributed by atoms with Crippen molar-refractivity contribution in [3.63, 3.8) is 0 Å². The lowest BCUT2D eigenvalue weighted by atomic mass is 9.89. The fourth-order valence-corrected chi connectivity index (χ4v) is 3.07. The third-order valence-electron chi connectivity index (χ3n) is 2.47. The minimum atomic E-state index is -0.826. The lowest BCUT2D eigenvalue weighted by Crippen LogP contribution is -2.19. The van der Waals surface area contributed by atoms with Gasteiger partial charge in [-0.15, -0.1) is 11.3 Å². The highest BCUT2D eigenvalue weighted by Crippen LogP contribution is 2.38. The molecule has 0 spiro atoms. The van der Waals surface area contributed by atoms with E-state index in [2.05, 4.69) is 25.8 Å². The molecule has 0 saturated carbocycles. The van der Waals surface area contributed by atoms with Crippen molar-refractivity contribution >= 4 is 17.3 Å². The first-order valence-electron chi connectivity index (χ1n) is 5.46. The van der Waals surface area contributed by atoms with Crippen molar-refractivity contribution in [2.45, 2.75) is 40.2 Å². The van der Waals surface area contributed by atoms with E-state index in [-0.39, 0.29) is 17.9 Å². The summed E-state index contributed by atoms with van der Waals surface area (Å²) >= 11 is 1.43. The van der Waals surface area contributed by atoms with Crippen LogP contribution in [0, 0.1) is 12.3 Å². The molecular formula is C12H19NO3S. The van der Waals surface area contributed by atoms with Crippen LogP contribution in [0.1, 0.15) is 42.5 Å². The number of aryl methyl sites for hydroxylation is 1. The number of nitrogens with zero attached hydrogens (tertiary/aromatic N) is 1. The number of ether oxygens (including phenoxy) is 1. The van der Waals surface area contributed by atoms with E-state index < -0.39 is 5.97 Å². The predicted octanol–water partition coefficient (Wildman–Crippen LogP) is 2.81. The molecule has 1 rings (SSSR count). The fraction of sp³-hybridized carbons (Fsp3) is 0.667. The molecule has 17 heavy (non-hydrogen) atoms. The van der Waals surface area contributed by atoms with Crippen molar-refractivity contribution in [2.24, 2.45) is 5.41 Å². The van der Waals surface area contributed by atoms with Crippen LogP contribution in [-0.2, 0) is 16.0 Å². The highest BCUT2D eigenvalue weighted by atomic mass is 32.1. The first-order chi connectivity index (χ1) is 7.75. The second-order valence-corrected chi connectivity index (χ2v) is 6.23. The van der Waals surface area contributed by atoms with E-state index >= 15 is 0 Å². The SMILES string of the molecule is COC(c1nc(C)c(CC(=O)O)s1)C(C)(C)C. The monoisotopic (exact) mass is 257 g/mol. The molecule has 96 valence electrons. The molecular weight excluding hydrogens is 238 g/mol. The van der Waals surface area contributed by atoms with E-state index in [0.717, 1.165) is 15.6 Å². The number of hydrogen-bond donors (Lipinski definition) is 1. The zero-order valence-electron chi connectivity index (χ0n) is 10.9. The topological polar surface area (TPSA) is 59.4 Å². The van der Waals surface area contributed by atoms with Crippen molar-refractivity contribution in [1.82, 2.24) is 4.98 Å². The number of aromatic nitrogens is 1. The van der Waals surface area contributed by atoms with Crippen LogP contribution < -0.4 is 0 Å². The highest BCUT2D eigenvalue weighted by Gasteiger charge is 2.29. The first kappa shape index (κ1) is 14.1. The zero-order valence-corrected chi connectivity index (χ0v) is 11.7. The van der Waals surface area contributed by atoms with Gasteiger partial charge in [-0.1, -0.05) is 20.8 Å². The van der Waals surface area contributed by atoms with Crippen LogP contribution in [0.5, 0.6) is 0 Å². The minimum Gasteiger partial charge on any atom is -0.481 e. The van der Waals surface area contributed by atoms with Crippen LogP contribution in [-0.4, -0.2) is 23.2 Å². The molecule has 0 radical (unpaired) electrons. The normalized spacial score (nSPS) is 13.7. The van der Waals surface area contributed by atoms with Gasteiger partial charge in [0.25, 0.3) is 0 Å². The Kier molecular flexibility index (Phi) is 4.27. The molecule has 1 N–H and O–H groups in total. The van der Waals surface area contributed by atoms with Gasteiger partial charge in [-0.05, 0) is 12.3 Å². The van der Waals surface area contributed by atoms with Crippen molar-refractivity contribution in [3.05, 3.63) is 15.6 Å². The Morgan fingerprint density at radius 1 is 1.53 bits per heavy atom. The number of hydrogen-bond acceptors (Lipinski definition) is 4. The largest absolute Gasteiger partial charge is 0.481 e. The van der Waals surface area contributed by atoms with Crippen LogP contribution in [0.15, 0.2) is 0 Å². The molecule has 0 fully saturated rings. The Labute approximate surface area is 106 Å². The van der Waals surface area contributed by atoms with Crippen LogP contribution in [0.3, 0.4) is 0 Å². The van der Waals surface area contributed by atoms with Gasteiger partial charge in [0.05, 0.1) is 12.1 Å². The number of thiazole rings is 1.